The molecule has 78 valence electrons. The number of carbonyl (C=O) groups excluding carboxylic acids is 1. The van der Waals surface area contributed by atoms with E-state index in [1.807, 2.05) is 18.7 Å². The van der Waals surface area contributed by atoms with E-state index in [9.17, 15) is 4.79 Å². The summed E-state index contributed by atoms with van der Waals surface area (Å²) in [4.78, 5) is 10.7. The van der Waals surface area contributed by atoms with Crippen LogP contribution in [0, 0.1) is 11.8 Å². The predicted octanol–water partition coefficient (Wildman–Crippen LogP) is 0.696. The van der Waals surface area contributed by atoms with Gasteiger partial charge in [0.15, 0.2) is 0 Å². The summed E-state index contributed by atoms with van der Waals surface area (Å²) < 4.78 is 0. The molecule has 1 amide bonds. The van der Waals surface area contributed by atoms with Crippen LogP contribution in [-0.2, 0) is 4.79 Å². The van der Waals surface area contributed by atoms with Crippen molar-refractivity contribution >= 4 is 17.7 Å². The number of amides is 1. The monoisotopic (exact) mass is 204 g/mol. The number of carbonyl (C=O) groups is 1. The molecule has 4 heteroatoms. The van der Waals surface area contributed by atoms with Crippen molar-refractivity contribution in [1.29, 1.82) is 0 Å². The van der Waals surface area contributed by atoms with Crippen molar-refractivity contribution in [3.63, 3.8) is 0 Å². The Morgan fingerprint density at radius 1 is 1.46 bits per heavy atom. The fourth-order valence-corrected chi connectivity index (χ4v) is 1.68. The molecule has 0 aromatic carbocycles. The quantitative estimate of drug-likeness (QED) is 0.642. The van der Waals surface area contributed by atoms with Gasteiger partial charge in [0.1, 0.15) is 0 Å². The van der Waals surface area contributed by atoms with E-state index in [1.165, 1.54) is 0 Å². The number of rotatable bonds is 7. The molecule has 0 aliphatic rings. The van der Waals surface area contributed by atoms with Gasteiger partial charge >= 0.3 is 0 Å². The number of hydrogen-bond acceptors (Lipinski definition) is 3. The van der Waals surface area contributed by atoms with Gasteiger partial charge in [-0.25, -0.2) is 0 Å². The first-order valence-corrected chi connectivity index (χ1v) is 5.96. The van der Waals surface area contributed by atoms with Crippen molar-refractivity contribution < 1.29 is 4.79 Å². The third-order valence-electron chi connectivity index (χ3n) is 1.88. The SMILES string of the molecule is CSCC(C)CNCC(C)C(N)=O. The second-order valence-corrected chi connectivity index (χ2v) is 4.43. The molecule has 0 aliphatic carbocycles. The van der Waals surface area contributed by atoms with E-state index in [0.29, 0.717) is 12.5 Å². The lowest BCUT2D eigenvalue weighted by atomic mass is 10.1. The number of thioether (sulfide) groups is 1. The van der Waals surface area contributed by atoms with Crippen molar-refractivity contribution in [2.75, 3.05) is 25.1 Å². The molecule has 0 spiro atoms. The molecule has 0 aromatic heterocycles. The lowest BCUT2D eigenvalue weighted by Crippen LogP contribution is -2.33. The Balaban J connectivity index is 3.39. The maximum atomic E-state index is 10.7. The minimum Gasteiger partial charge on any atom is -0.369 e. The molecule has 0 rings (SSSR count). The van der Waals surface area contributed by atoms with Crippen LogP contribution in [0.15, 0.2) is 0 Å². The molecular weight excluding hydrogens is 184 g/mol. The first kappa shape index (κ1) is 12.8. The van der Waals surface area contributed by atoms with Crippen LogP contribution in [0.25, 0.3) is 0 Å². The van der Waals surface area contributed by atoms with Gasteiger partial charge in [-0.05, 0) is 24.5 Å². The fourth-order valence-electron chi connectivity index (χ4n) is 0.990. The summed E-state index contributed by atoms with van der Waals surface area (Å²) in [5, 5.41) is 3.24. The standard InChI is InChI=1S/C9H20N2OS/c1-7(6-13-3)4-11-5-8(2)9(10)12/h7-8,11H,4-6H2,1-3H3,(H2,10,12). The summed E-state index contributed by atoms with van der Waals surface area (Å²) in [6.07, 6.45) is 2.10. The third-order valence-corrected chi connectivity index (χ3v) is 2.78. The van der Waals surface area contributed by atoms with E-state index in [0.717, 1.165) is 12.3 Å². The Morgan fingerprint density at radius 3 is 2.54 bits per heavy atom. The van der Waals surface area contributed by atoms with Gasteiger partial charge in [0.05, 0.1) is 0 Å². The Bertz CT molecular complexity index is 153. The van der Waals surface area contributed by atoms with Gasteiger partial charge in [0.2, 0.25) is 5.91 Å². The summed E-state index contributed by atoms with van der Waals surface area (Å²) in [7, 11) is 0. The first-order chi connectivity index (χ1) is 6.07. The minimum absolute atomic E-state index is 0.0681. The highest BCUT2D eigenvalue weighted by Gasteiger charge is 2.08. The Hall–Kier alpha value is -0.220. The van der Waals surface area contributed by atoms with Crippen LogP contribution in [0.4, 0.5) is 0 Å². The molecule has 3 nitrogen and oxygen atoms in total. The second-order valence-electron chi connectivity index (χ2n) is 3.52. The molecule has 0 bridgehead atoms. The maximum absolute atomic E-state index is 10.7. The van der Waals surface area contributed by atoms with E-state index in [-0.39, 0.29) is 11.8 Å². The minimum atomic E-state index is -0.231. The summed E-state index contributed by atoms with van der Waals surface area (Å²) in [6, 6.07) is 0. The molecule has 2 atom stereocenters. The zero-order chi connectivity index (χ0) is 10.3. The van der Waals surface area contributed by atoms with Gasteiger partial charge in [-0.1, -0.05) is 13.8 Å². The van der Waals surface area contributed by atoms with Crippen LogP contribution >= 0.6 is 11.8 Å². The maximum Gasteiger partial charge on any atom is 0.221 e. The number of primary amides is 1. The zero-order valence-corrected chi connectivity index (χ0v) is 9.49. The van der Waals surface area contributed by atoms with Crippen molar-refractivity contribution in [3.05, 3.63) is 0 Å². The molecule has 0 saturated carbocycles. The zero-order valence-electron chi connectivity index (χ0n) is 8.67. The Kier molecular flexibility index (Phi) is 7.09. The molecule has 0 radical (unpaired) electrons. The van der Waals surface area contributed by atoms with Gasteiger partial charge in [-0.15, -0.1) is 0 Å². The van der Waals surface area contributed by atoms with E-state index < -0.39 is 0 Å². The molecule has 0 aliphatic heterocycles. The molecule has 0 fully saturated rings. The van der Waals surface area contributed by atoms with Crippen LogP contribution in [0.5, 0.6) is 0 Å². The number of nitrogens with two attached hydrogens (primary N) is 1. The van der Waals surface area contributed by atoms with E-state index in [1.54, 1.807) is 0 Å². The van der Waals surface area contributed by atoms with Crippen LogP contribution in [-0.4, -0.2) is 31.0 Å². The molecule has 0 heterocycles. The normalized spacial score (nSPS) is 15.3. The van der Waals surface area contributed by atoms with E-state index >= 15 is 0 Å². The topological polar surface area (TPSA) is 55.1 Å². The number of nitrogens with one attached hydrogen (secondary N) is 1. The van der Waals surface area contributed by atoms with Gasteiger partial charge in [-0.2, -0.15) is 11.8 Å². The van der Waals surface area contributed by atoms with Crippen molar-refractivity contribution in [2.24, 2.45) is 17.6 Å². The molecule has 2 unspecified atom stereocenters. The average Bonchev–Trinajstić information content (AvgIpc) is 2.04. The largest absolute Gasteiger partial charge is 0.369 e. The molecule has 13 heavy (non-hydrogen) atoms. The van der Waals surface area contributed by atoms with E-state index in [2.05, 4.69) is 18.5 Å². The molecule has 0 saturated heterocycles. The van der Waals surface area contributed by atoms with Gasteiger partial charge in [0, 0.05) is 12.5 Å². The fraction of sp³-hybridized carbons (Fsp3) is 0.889. The summed E-state index contributed by atoms with van der Waals surface area (Å²) in [5.41, 5.74) is 5.13. The molecule has 3 N–H and O–H groups in total. The van der Waals surface area contributed by atoms with Crippen LogP contribution < -0.4 is 11.1 Å². The van der Waals surface area contributed by atoms with Crippen molar-refractivity contribution in [1.82, 2.24) is 5.32 Å². The lowest BCUT2D eigenvalue weighted by molar-refractivity contribution is -0.121. The second kappa shape index (κ2) is 7.21. The van der Waals surface area contributed by atoms with Crippen LogP contribution in [0.1, 0.15) is 13.8 Å². The lowest BCUT2D eigenvalue weighted by Gasteiger charge is -2.13. The Labute approximate surface area is 84.8 Å². The third kappa shape index (κ3) is 6.90. The predicted molar refractivity (Wildman–Crippen MR) is 58.8 cm³/mol. The van der Waals surface area contributed by atoms with Gasteiger partial charge < -0.3 is 11.1 Å². The highest BCUT2D eigenvalue weighted by Crippen LogP contribution is 2.02. The first-order valence-electron chi connectivity index (χ1n) is 4.56. The van der Waals surface area contributed by atoms with E-state index in [4.69, 9.17) is 5.73 Å². The van der Waals surface area contributed by atoms with Crippen LogP contribution in [0.2, 0.25) is 0 Å². The highest BCUT2D eigenvalue weighted by molar-refractivity contribution is 7.98. The smallest absolute Gasteiger partial charge is 0.221 e. The summed E-state index contributed by atoms with van der Waals surface area (Å²) in [5.74, 6) is 1.50. The average molecular weight is 204 g/mol. The summed E-state index contributed by atoms with van der Waals surface area (Å²) >= 11 is 1.84. The van der Waals surface area contributed by atoms with Gasteiger partial charge in [0.25, 0.3) is 0 Å². The molecule has 0 aromatic rings. The van der Waals surface area contributed by atoms with Crippen LogP contribution in [0.3, 0.4) is 0 Å². The Morgan fingerprint density at radius 2 is 2.08 bits per heavy atom. The number of hydrogen-bond donors (Lipinski definition) is 2. The molecular formula is C9H20N2OS. The highest BCUT2D eigenvalue weighted by atomic mass is 32.2. The summed E-state index contributed by atoms with van der Waals surface area (Å²) in [6.45, 7) is 5.68. The van der Waals surface area contributed by atoms with Crippen molar-refractivity contribution in [2.45, 2.75) is 13.8 Å². The van der Waals surface area contributed by atoms with Gasteiger partial charge in [-0.3, -0.25) is 4.79 Å². The van der Waals surface area contributed by atoms with Crippen molar-refractivity contribution in [3.8, 4) is 0 Å².